The quantitative estimate of drug-likeness (QED) is 0.519. The number of esters is 1. The molecule has 0 aromatic heterocycles. The first-order valence-electron chi connectivity index (χ1n) is 9.74. The van der Waals surface area contributed by atoms with Gasteiger partial charge in [-0.3, -0.25) is 4.79 Å². The van der Waals surface area contributed by atoms with Gasteiger partial charge in [0.05, 0.1) is 18.1 Å². The molecule has 0 unspecified atom stereocenters. The summed E-state index contributed by atoms with van der Waals surface area (Å²) in [5.41, 5.74) is 2.32. The third-order valence-electron chi connectivity index (χ3n) is 4.58. The lowest BCUT2D eigenvalue weighted by Crippen LogP contribution is -2.40. The zero-order valence-electron chi connectivity index (χ0n) is 17.1. The van der Waals surface area contributed by atoms with Crippen molar-refractivity contribution < 1.29 is 27.5 Å². The molecule has 0 atom stereocenters. The van der Waals surface area contributed by atoms with Crippen molar-refractivity contribution in [2.75, 3.05) is 38.2 Å². The summed E-state index contributed by atoms with van der Waals surface area (Å²) in [7, 11) is -3.56. The summed E-state index contributed by atoms with van der Waals surface area (Å²) in [4.78, 5) is 23.9. The maximum atomic E-state index is 12.6. The topological polar surface area (TPSA) is 102 Å². The SMILES string of the molecule is Cc1ccc(NC(=O)COC(=O)/C=C/c2ccc(S(=O)(=O)N3CCOCC3)cc2)cc1. The summed E-state index contributed by atoms with van der Waals surface area (Å²) in [6, 6.07) is 13.4. The fourth-order valence-electron chi connectivity index (χ4n) is 2.87. The summed E-state index contributed by atoms with van der Waals surface area (Å²) in [6.07, 6.45) is 2.68. The molecule has 1 aliphatic rings. The first kappa shape index (κ1) is 22.7. The van der Waals surface area contributed by atoms with Crippen molar-refractivity contribution in [1.29, 1.82) is 0 Å². The number of hydrogen-bond acceptors (Lipinski definition) is 6. The second kappa shape index (κ2) is 10.3. The number of aryl methyl sites for hydroxylation is 1. The molecule has 1 fully saturated rings. The van der Waals surface area contributed by atoms with E-state index in [0.29, 0.717) is 37.6 Å². The summed E-state index contributed by atoms with van der Waals surface area (Å²) < 4.78 is 36.7. The highest BCUT2D eigenvalue weighted by atomic mass is 32.2. The van der Waals surface area contributed by atoms with Crippen LogP contribution >= 0.6 is 0 Å². The Balaban J connectivity index is 1.50. The third kappa shape index (κ3) is 6.48. The molecule has 1 amide bonds. The van der Waals surface area contributed by atoms with Gasteiger partial charge < -0.3 is 14.8 Å². The highest BCUT2D eigenvalue weighted by Crippen LogP contribution is 2.18. The largest absolute Gasteiger partial charge is 0.452 e. The van der Waals surface area contributed by atoms with Gasteiger partial charge >= 0.3 is 5.97 Å². The molecule has 0 spiro atoms. The van der Waals surface area contributed by atoms with Crippen LogP contribution in [0.1, 0.15) is 11.1 Å². The number of amides is 1. The predicted octanol–water partition coefficient (Wildman–Crippen LogP) is 2.21. The Hall–Kier alpha value is -3.01. The lowest BCUT2D eigenvalue weighted by molar-refractivity contribution is -0.142. The minimum absolute atomic E-state index is 0.182. The second-order valence-electron chi connectivity index (χ2n) is 6.94. The molecule has 3 rings (SSSR count). The fraction of sp³-hybridized carbons (Fsp3) is 0.273. The number of morpholine rings is 1. The van der Waals surface area contributed by atoms with Gasteiger partial charge in [-0.25, -0.2) is 13.2 Å². The van der Waals surface area contributed by atoms with E-state index in [9.17, 15) is 18.0 Å². The average molecular weight is 445 g/mol. The Morgan fingerprint density at radius 1 is 1.06 bits per heavy atom. The minimum Gasteiger partial charge on any atom is -0.452 e. The van der Waals surface area contributed by atoms with E-state index in [1.165, 1.54) is 28.6 Å². The molecule has 0 radical (unpaired) electrons. The van der Waals surface area contributed by atoms with Crippen molar-refractivity contribution in [3.8, 4) is 0 Å². The molecule has 9 heteroatoms. The summed E-state index contributed by atoms with van der Waals surface area (Å²) >= 11 is 0. The summed E-state index contributed by atoms with van der Waals surface area (Å²) in [5, 5.41) is 2.64. The first-order valence-corrected chi connectivity index (χ1v) is 11.2. The van der Waals surface area contributed by atoms with Gasteiger partial charge in [0.2, 0.25) is 10.0 Å². The van der Waals surface area contributed by atoms with E-state index in [4.69, 9.17) is 9.47 Å². The number of benzene rings is 2. The Labute approximate surface area is 181 Å². The van der Waals surface area contributed by atoms with Gasteiger partial charge in [-0.05, 0) is 42.8 Å². The van der Waals surface area contributed by atoms with Crippen LogP contribution in [0.4, 0.5) is 5.69 Å². The van der Waals surface area contributed by atoms with Crippen LogP contribution < -0.4 is 5.32 Å². The van der Waals surface area contributed by atoms with E-state index in [-0.39, 0.29) is 4.90 Å². The molecule has 1 saturated heterocycles. The van der Waals surface area contributed by atoms with Crippen molar-refractivity contribution in [1.82, 2.24) is 4.31 Å². The highest BCUT2D eigenvalue weighted by Gasteiger charge is 2.25. The molecule has 1 N–H and O–H groups in total. The van der Waals surface area contributed by atoms with Crippen molar-refractivity contribution in [2.45, 2.75) is 11.8 Å². The lowest BCUT2D eigenvalue weighted by atomic mass is 10.2. The maximum Gasteiger partial charge on any atom is 0.331 e. The number of carbonyl (C=O) groups excluding carboxylic acids is 2. The normalized spacial score (nSPS) is 15.0. The first-order chi connectivity index (χ1) is 14.8. The van der Waals surface area contributed by atoms with E-state index in [0.717, 1.165) is 5.56 Å². The van der Waals surface area contributed by atoms with Gasteiger partial charge in [-0.15, -0.1) is 0 Å². The zero-order chi connectivity index (χ0) is 22.3. The van der Waals surface area contributed by atoms with E-state index in [1.807, 2.05) is 19.1 Å². The monoisotopic (exact) mass is 444 g/mol. The number of rotatable bonds is 7. The van der Waals surface area contributed by atoms with Gasteiger partial charge in [0, 0.05) is 24.9 Å². The lowest BCUT2D eigenvalue weighted by Gasteiger charge is -2.26. The van der Waals surface area contributed by atoms with Crippen LogP contribution in [0.2, 0.25) is 0 Å². The minimum atomic E-state index is -3.56. The smallest absolute Gasteiger partial charge is 0.331 e. The number of anilines is 1. The summed E-state index contributed by atoms with van der Waals surface area (Å²) in [5.74, 6) is -1.12. The molecule has 31 heavy (non-hydrogen) atoms. The average Bonchev–Trinajstić information content (AvgIpc) is 2.79. The van der Waals surface area contributed by atoms with Gasteiger partial charge in [-0.1, -0.05) is 29.8 Å². The third-order valence-corrected chi connectivity index (χ3v) is 6.49. The highest BCUT2D eigenvalue weighted by molar-refractivity contribution is 7.89. The molecule has 2 aromatic carbocycles. The van der Waals surface area contributed by atoms with Gasteiger partial charge in [0.1, 0.15) is 0 Å². The van der Waals surface area contributed by atoms with E-state index < -0.39 is 28.5 Å². The van der Waals surface area contributed by atoms with Crippen LogP contribution in [0.3, 0.4) is 0 Å². The van der Waals surface area contributed by atoms with E-state index >= 15 is 0 Å². The maximum absolute atomic E-state index is 12.6. The number of carbonyl (C=O) groups is 2. The standard InChI is InChI=1S/C22H24N2O6S/c1-17-2-7-19(8-3-17)23-21(25)16-30-22(26)11-6-18-4-9-20(10-5-18)31(27,28)24-12-14-29-15-13-24/h2-11H,12-16H2,1H3,(H,23,25)/b11-6+. The molecule has 0 aliphatic carbocycles. The molecule has 1 heterocycles. The van der Waals surface area contributed by atoms with Gasteiger partial charge in [-0.2, -0.15) is 4.31 Å². The van der Waals surface area contributed by atoms with Crippen LogP contribution in [-0.2, 0) is 29.1 Å². The summed E-state index contributed by atoms with van der Waals surface area (Å²) in [6.45, 7) is 2.95. The Morgan fingerprint density at radius 3 is 2.35 bits per heavy atom. The van der Waals surface area contributed by atoms with Crippen LogP contribution in [0.15, 0.2) is 59.5 Å². The molecule has 1 aliphatic heterocycles. The van der Waals surface area contributed by atoms with Gasteiger partial charge in [0.15, 0.2) is 6.61 Å². The Morgan fingerprint density at radius 2 is 1.71 bits per heavy atom. The van der Waals surface area contributed by atoms with Crippen molar-refractivity contribution in [3.05, 3.63) is 65.7 Å². The Bertz CT molecular complexity index is 1040. The number of nitrogens with one attached hydrogen (secondary N) is 1. The molecule has 164 valence electrons. The molecule has 8 nitrogen and oxygen atoms in total. The zero-order valence-corrected chi connectivity index (χ0v) is 17.9. The van der Waals surface area contributed by atoms with Crippen LogP contribution in [0.25, 0.3) is 6.08 Å². The fourth-order valence-corrected chi connectivity index (χ4v) is 4.28. The molecular formula is C22H24N2O6S. The second-order valence-corrected chi connectivity index (χ2v) is 8.88. The Kier molecular flexibility index (Phi) is 7.56. The van der Waals surface area contributed by atoms with Gasteiger partial charge in [0.25, 0.3) is 5.91 Å². The number of ether oxygens (including phenoxy) is 2. The molecular weight excluding hydrogens is 420 g/mol. The molecule has 0 bridgehead atoms. The van der Waals surface area contributed by atoms with Crippen LogP contribution in [0.5, 0.6) is 0 Å². The van der Waals surface area contributed by atoms with Crippen LogP contribution in [0, 0.1) is 6.92 Å². The number of sulfonamides is 1. The van der Waals surface area contributed by atoms with E-state index in [2.05, 4.69) is 5.32 Å². The van der Waals surface area contributed by atoms with Crippen molar-refractivity contribution in [2.24, 2.45) is 0 Å². The van der Waals surface area contributed by atoms with Crippen molar-refractivity contribution >= 4 is 33.7 Å². The predicted molar refractivity (Wildman–Crippen MR) is 116 cm³/mol. The van der Waals surface area contributed by atoms with Crippen molar-refractivity contribution in [3.63, 3.8) is 0 Å². The van der Waals surface area contributed by atoms with Crippen LogP contribution in [-0.4, -0.2) is 57.5 Å². The van der Waals surface area contributed by atoms with E-state index in [1.54, 1.807) is 24.3 Å². The molecule has 2 aromatic rings. The number of nitrogens with zero attached hydrogens (tertiary/aromatic N) is 1. The number of hydrogen-bond donors (Lipinski definition) is 1. The molecule has 0 saturated carbocycles.